The predicted molar refractivity (Wildman–Crippen MR) is 67.9 cm³/mol. The first-order valence-electron chi connectivity index (χ1n) is 5.08. The van der Waals surface area contributed by atoms with Crippen LogP contribution in [0.25, 0.3) is 0 Å². The fraction of sp³-hybridized carbons (Fsp3) is 0.455. The summed E-state index contributed by atoms with van der Waals surface area (Å²) in [4.78, 5) is 0.293. The lowest BCUT2D eigenvalue weighted by Crippen LogP contribution is -2.15. The molecule has 0 saturated heterocycles. The van der Waals surface area contributed by atoms with Gasteiger partial charge in [0.1, 0.15) is 10.3 Å². The molecule has 0 bridgehead atoms. The van der Waals surface area contributed by atoms with Crippen LogP contribution in [0.1, 0.15) is 19.8 Å². The lowest BCUT2D eigenvalue weighted by molar-refractivity contribution is 0.414. The summed E-state index contributed by atoms with van der Waals surface area (Å²) in [5.41, 5.74) is 0. The monoisotopic (exact) mass is 260 g/mol. The van der Waals surface area contributed by atoms with Crippen molar-refractivity contribution < 1.29 is 13.2 Å². The van der Waals surface area contributed by atoms with Gasteiger partial charge >= 0.3 is 0 Å². The quantitative estimate of drug-likeness (QED) is 0.827. The maximum atomic E-state index is 12.0. The second-order valence-corrected chi connectivity index (χ2v) is 6.57. The molecular formula is C11H16O3S2. The summed E-state index contributed by atoms with van der Waals surface area (Å²) in [6, 6.07) is 6.37. The summed E-state index contributed by atoms with van der Waals surface area (Å²) in [5.74, 6) is 0.644. The molecule has 1 atom stereocenters. The molecule has 90 valence electrons. The number of benzene rings is 1. The van der Waals surface area contributed by atoms with E-state index in [0.29, 0.717) is 17.1 Å². The lowest BCUT2D eigenvalue weighted by atomic mass is 10.3. The van der Waals surface area contributed by atoms with Crippen LogP contribution in [0.4, 0.5) is 0 Å². The van der Waals surface area contributed by atoms with E-state index in [1.165, 1.54) is 0 Å². The Bertz CT molecular complexity index is 423. The van der Waals surface area contributed by atoms with Crippen molar-refractivity contribution in [1.29, 1.82) is 0 Å². The Morgan fingerprint density at radius 3 is 2.31 bits per heavy atom. The zero-order valence-electron chi connectivity index (χ0n) is 9.38. The number of ether oxygens (including phenoxy) is 1. The van der Waals surface area contributed by atoms with Crippen molar-refractivity contribution in [2.24, 2.45) is 0 Å². The SMILES string of the molecule is CCCC(S)S(=O)(=O)c1ccc(OC)cc1. The van der Waals surface area contributed by atoms with Gasteiger partial charge in [-0.15, -0.1) is 0 Å². The van der Waals surface area contributed by atoms with Crippen LogP contribution in [-0.4, -0.2) is 20.1 Å². The Morgan fingerprint density at radius 2 is 1.88 bits per heavy atom. The molecule has 1 aromatic carbocycles. The lowest BCUT2D eigenvalue weighted by Gasteiger charge is -2.11. The van der Waals surface area contributed by atoms with E-state index in [9.17, 15) is 8.42 Å². The van der Waals surface area contributed by atoms with E-state index in [2.05, 4.69) is 12.6 Å². The number of thiol groups is 1. The second-order valence-electron chi connectivity index (χ2n) is 3.46. The Kier molecular flexibility index (Phi) is 4.68. The van der Waals surface area contributed by atoms with Crippen LogP contribution >= 0.6 is 12.6 Å². The molecule has 16 heavy (non-hydrogen) atoms. The number of hydrogen-bond donors (Lipinski definition) is 1. The van der Waals surface area contributed by atoms with Crippen molar-refractivity contribution in [2.45, 2.75) is 29.2 Å². The Hall–Kier alpha value is -0.680. The standard InChI is InChI=1S/C11H16O3S2/c1-3-4-11(15)16(12,13)10-7-5-9(14-2)6-8-10/h5-8,11,15H,3-4H2,1-2H3. The average molecular weight is 260 g/mol. The van der Waals surface area contributed by atoms with Gasteiger partial charge in [0.15, 0.2) is 9.84 Å². The van der Waals surface area contributed by atoms with Gasteiger partial charge in [0.25, 0.3) is 0 Å². The largest absolute Gasteiger partial charge is 0.497 e. The zero-order chi connectivity index (χ0) is 12.2. The van der Waals surface area contributed by atoms with Crippen molar-refractivity contribution in [3.05, 3.63) is 24.3 Å². The Labute approximate surface area is 102 Å². The van der Waals surface area contributed by atoms with Gasteiger partial charge in [-0.1, -0.05) is 13.3 Å². The molecule has 1 unspecified atom stereocenters. The molecule has 1 aromatic rings. The minimum atomic E-state index is -3.32. The fourth-order valence-corrected chi connectivity index (χ4v) is 3.32. The van der Waals surface area contributed by atoms with Crippen molar-refractivity contribution in [3.63, 3.8) is 0 Å². The normalized spacial score (nSPS) is 13.4. The van der Waals surface area contributed by atoms with E-state index in [1.807, 2.05) is 6.92 Å². The van der Waals surface area contributed by atoms with Gasteiger partial charge in [-0.05, 0) is 30.7 Å². The molecule has 0 radical (unpaired) electrons. The molecule has 3 nitrogen and oxygen atoms in total. The summed E-state index contributed by atoms with van der Waals surface area (Å²) in [6.07, 6.45) is 1.35. The number of rotatable bonds is 5. The van der Waals surface area contributed by atoms with Crippen molar-refractivity contribution in [1.82, 2.24) is 0 Å². The minimum absolute atomic E-state index is 0.293. The zero-order valence-corrected chi connectivity index (χ0v) is 11.1. The molecule has 0 heterocycles. The third kappa shape index (κ3) is 2.92. The molecule has 0 N–H and O–H groups in total. The highest BCUT2D eigenvalue weighted by atomic mass is 32.2. The molecule has 0 fully saturated rings. The molecule has 0 aliphatic carbocycles. The molecule has 0 saturated carbocycles. The smallest absolute Gasteiger partial charge is 0.190 e. The topological polar surface area (TPSA) is 43.4 Å². The highest BCUT2D eigenvalue weighted by Crippen LogP contribution is 2.23. The van der Waals surface area contributed by atoms with Crippen LogP contribution < -0.4 is 4.74 Å². The first kappa shape index (κ1) is 13.4. The first-order valence-corrected chi connectivity index (χ1v) is 7.14. The third-order valence-corrected chi connectivity index (χ3v) is 5.25. The number of sulfone groups is 1. The summed E-state index contributed by atoms with van der Waals surface area (Å²) in [5, 5.41) is 0. The average Bonchev–Trinajstić information content (AvgIpc) is 2.29. The Morgan fingerprint density at radius 1 is 1.31 bits per heavy atom. The maximum absolute atomic E-state index is 12.0. The minimum Gasteiger partial charge on any atom is -0.497 e. The van der Waals surface area contributed by atoms with Crippen molar-refractivity contribution >= 4 is 22.5 Å². The number of methoxy groups -OCH3 is 1. The fourth-order valence-electron chi connectivity index (χ4n) is 1.32. The maximum Gasteiger partial charge on any atom is 0.190 e. The molecule has 0 aromatic heterocycles. The summed E-state index contributed by atoms with van der Waals surface area (Å²) >= 11 is 4.13. The first-order chi connectivity index (χ1) is 7.52. The third-order valence-electron chi connectivity index (χ3n) is 2.28. The molecule has 0 spiro atoms. The van der Waals surface area contributed by atoms with Gasteiger partial charge in [-0.25, -0.2) is 8.42 Å². The van der Waals surface area contributed by atoms with Gasteiger partial charge in [-0.2, -0.15) is 12.6 Å². The van der Waals surface area contributed by atoms with Gasteiger partial charge in [0, 0.05) is 0 Å². The molecule has 5 heteroatoms. The van der Waals surface area contributed by atoms with Crippen LogP contribution in [0.15, 0.2) is 29.2 Å². The van der Waals surface area contributed by atoms with E-state index < -0.39 is 14.4 Å². The van der Waals surface area contributed by atoms with Crippen molar-refractivity contribution in [3.8, 4) is 5.75 Å². The van der Waals surface area contributed by atoms with E-state index in [4.69, 9.17) is 4.74 Å². The van der Waals surface area contributed by atoms with Crippen LogP contribution in [0.5, 0.6) is 5.75 Å². The van der Waals surface area contributed by atoms with Crippen LogP contribution in [0, 0.1) is 0 Å². The van der Waals surface area contributed by atoms with Crippen LogP contribution in [-0.2, 0) is 9.84 Å². The Balaban J connectivity index is 2.98. The van der Waals surface area contributed by atoms with Crippen LogP contribution in [0.2, 0.25) is 0 Å². The van der Waals surface area contributed by atoms with Gasteiger partial charge in [0.05, 0.1) is 12.0 Å². The predicted octanol–water partition coefficient (Wildman–Crippen LogP) is 2.52. The van der Waals surface area contributed by atoms with Gasteiger partial charge < -0.3 is 4.74 Å². The summed E-state index contributed by atoms with van der Waals surface area (Å²) < 4.78 is 28.4. The van der Waals surface area contributed by atoms with E-state index in [1.54, 1.807) is 31.4 Å². The highest BCUT2D eigenvalue weighted by Gasteiger charge is 2.23. The van der Waals surface area contributed by atoms with Gasteiger partial charge in [0.2, 0.25) is 0 Å². The molecular weight excluding hydrogens is 244 g/mol. The summed E-state index contributed by atoms with van der Waals surface area (Å²) in [7, 11) is -1.77. The van der Waals surface area contributed by atoms with E-state index in [0.717, 1.165) is 6.42 Å². The summed E-state index contributed by atoms with van der Waals surface area (Å²) in [6.45, 7) is 1.94. The number of hydrogen-bond acceptors (Lipinski definition) is 4. The molecule has 0 aliphatic heterocycles. The van der Waals surface area contributed by atoms with Crippen LogP contribution in [0.3, 0.4) is 0 Å². The molecule has 1 rings (SSSR count). The molecule has 0 aliphatic rings. The van der Waals surface area contributed by atoms with E-state index >= 15 is 0 Å². The van der Waals surface area contributed by atoms with Crippen molar-refractivity contribution in [2.75, 3.05) is 7.11 Å². The van der Waals surface area contributed by atoms with E-state index in [-0.39, 0.29) is 0 Å². The second kappa shape index (κ2) is 5.59. The van der Waals surface area contributed by atoms with Gasteiger partial charge in [-0.3, -0.25) is 0 Å². The molecule has 0 amide bonds. The highest BCUT2D eigenvalue weighted by molar-refractivity contribution is 8.04.